The van der Waals surface area contributed by atoms with E-state index in [0.29, 0.717) is 43.7 Å². The number of likely N-dealkylation sites (N-methyl/N-ethyl adjacent to an activating group) is 1. The molecule has 1 amide bonds. The van der Waals surface area contributed by atoms with Crippen LogP contribution in [0.5, 0.6) is 0 Å². The molecule has 1 aliphatic carbocycles. The van der Waals surface area contributed by atoms with E-state index in [1.165, 1.54) is 4.57 Å². The fraction of sp³-hybridized carbons (Fsp3) is 0.542. The van der Waals surface area contributed by atoms with Crippen molar-refractivity contribution >= 4 is 17.5 Å². The summed E-state index contributed by atoms with van der Waals surface area (Å²) >= 11 is 6.37. The number of rotatable bonds is 2. The van der Waals surface area contributed by atoms with E-state index in [4.69, 9.17) is 11.6 Å². The number of fused-ring (bicyclic) bond motifs is 2. The lowest BCUT2D eigenvalue weighted by Crippen LogP contribution is -2.57. The third-order valence-electron chi connectivity index (χ3n) is 7.90. The summed E-state index contributed by atoms with van der Waals surface area (Å²) in [5, 5.41) is 10.6. The number of carbonyl (C=O) groups excluding carboxylic acids is 1. The number of hydrogen-bond acceptors (Lipinski definition) is 3. The van der Waals surface area contributed by atoms with Gasteiger partial charge >= 0.3 is 6.18 Å². The first-order chi connectivity index (χ1) is 15.6. The Morgan fingerprint density at radius 1 is 1.03 bits per heavy atom. The van der Waals surface area contributed by atoms with Crippen LogP contribution in [0.15, 0.2) is 30.3 Å². The van der Waals surface area contributed by atoms with Crippen LogP contribution >= 0.6 is 11.6 Å². The van der Waals surface area contributed by atoms with Gasteiger partial charge in [0, 0.05) is 31.7 Å². The summed E-state index contributed by atoms with van der Waals surface area (Å²) < 4.78 is 42.0. The second-order valence-corrected chi connectivity index (χ2v) is 9.99. The maximum Gasteiger partial charge on any atom is 0.431 e. The quantitative estimate of drug-likeness (QED) is 0.681. The Labute approximate surface area is 195 Å². The van der Waals surface area contributed by atoms with E-state index in [0.717, 1.165) is 30.9 Å². The topological polar surface area (TPSA) is 48.7 Å². The second-order valence-electron chi connectivity index (χ2n) is 9.58. The number of benzene rings is 1. The van der Waals surface area contributed by atoms with Crippen molar-refractivity contribution in [1.29, 1.82) is 0 Å². The predicted octanol–water partition coefficient (Wildman–Crippen LogP) is 4.61. The van der Waals surface area contributed by atoms with Crippen LogP contribution in [-0.4, -0.2) is 52.1 Å². The van der Waals surface area contributed by atoms with E-state index in [9.17, 15) is 23.1 Å². The summed E-state index contributed by atoms with van der Waals surface area (Å²) in [6, 6.07) is 8.18. The number of alkyl halides is 3. The fourth-order valence-electron chi connectivity index (χ4n) is 5.71. The van der Waals surface area contributed by atoms with Gasteiger partial charge in [-0.05, 0) is 62.9 Å². The van der Waals surface area contributed by atoms with E-state index in [1.807, 2.05) is 19.2 Å². The van der Waals surface area contributed by atoms with E-state index < -0.39 is 23.0 Å². The molecular weight excluding hydrogens is 455 g/mol. The van der Waals surface area contributed by atoms with Crippen molar-refractivity contribution in [1.82, 2.24) is 14.4 Å². The highest BCUT2D eigenvalue weighted by Crippen LogP contribution is 2.47. The molecule has 0 radical (unpaired) electrons. The van der Waals surface area contributed by atoms with E-state index >= 15 is 0 Å². The van der Waals surface area contributed by atoms with Gasteiger partial charge in [0.15, 0.2) is 0 Å². The molecule has 0 unspecified atom stereocenters. The summed E-state index contributed by atoms with van der Waals surface area (Å²) in [7, 11) is 1.92. The van der Waals surface area contributed by atoms with Crippen molar-refractivity contribution in [3.8, 4) is 0 Å². The third-order valence-corrected chi connectivity index (χ3v) is 8.19. The van der Waals surface area contributed by atoms with Gasteiger partial charge in [0.2, 0.25) is 0 Å². The molecule has 1 saturated heterocycles. The summed E-state index contributed by atoms with van der Waals surface area (Å²) in [6.45, 7) is 1.57. The summed E-state index contributed by atoms with van der Waals surface area (Å²) in [5.74, 6) is -0.104. The molecule has 2 aliphatic heterocycles. The number of amides is 1. The molecule has 3 aliphatic rings. The average molecular weight is 482 g/mol. The minimum atomic E-state index is -4.46. The molecule has 1 N–H and O–H groups in total. The number of likely N-dealkylation sites (tertiary alicyclic amines) is 1. The largest absolute Gasteiger partial charge is 0.431 e. The number of nitrogens with zero attached hydrogens (tertiary/aromatic N) is 3. The van der Waals surface area contributed by atoms with E-state index in [1.54, 1.807) is 17.0 Å². The lowest BCUT2D eigenvalue weighted by Gasteiger charge is -2.50. The maximum absolute atomic E-state index is 13.6. The normalized spacial score (nSPS) is 22.2. The van der Waals surface area contributed by atoms with Crippen molar-refractivity contribution in [2.45, 2.75) is 56.0 Å². The number of aromatic nitrogens is 1. The van der Waals surface area contributed by atoms with Gasteiger partial charge in [0.1, 0.15) is 5.69 Å². The lowest BCUT2D eigenvalue weighted by molar-refractivity contribution is -0.144. The minimum Gasteiger partial charge on any atom is -0.385 e. The molecule has 1 aromatic heterocycles. The molecule has 0 atom stereocenters. The van der Waals surface area contributed by atoms with Gasteiger partial charge < -0.3 is 14.6 Å². The molecule has 5 nitrogen and oxygen atoms in total. The molecule has 33 heavy (non-hydrogen) atoms. The smallest absolute Gasteiger partial charge is 0.385 e. The second kappa shape index (κ2) is 7.75. The molecule has 2 fully saturated rings. The Morgan fingerprint density at radius 3 is 2.21 bits per heavy atom. The molecule has 1 aromatic carbocycles. The highest BCUT2D eigenvalue weighted by atomic mass is 35.5. The molecule has 5 rings (SSSR count). The van der Waals surface area contributed by atoms with Gasteiger partial charge in [-0.25, -0.2) is 0 Å². The van der Waals surface area contributed by atoms with Gasteiger partial charge in [-0.1, -0.05) is 23.7 Å². The number of aliphatic hydroxyl groups is 1. The zero-order valence-corrected chi connectivity index (χ0v) is 19.2. The number of halogens is 4. The monoisotopic (exact) mass is 481 g/mol. The molecule has 178 valence electrons. The van der Waals surface area contributed by atoms with Gasteiger partial charge in [-0.15, -0.1) is 0 Å². The fourth-order valence-corrected chi connectivity index (χ4v) is 6.09. The van der Waals surface area contributed by atoms with E-state index in [-0.39, 0.29) is 17.5 Å². The van der Waals surface area contributed by atoms with Crippen LogP contribution in [0.1, 0.15) is 59.4 Å². The number of piperidine rings is 1. The standard InChI is InChI=1S/C24H27ClF3N3O2/c1-29-13-14-31-19(24(26,27)28)15-18(25)20(31)22(29)9-11-30(12-10-22)21(32)16-3-5-17(6-4-16)23(33)7-2-8-23/h3-6,15,33H,2,7-14H2,1H3. The Kier molecular flexibility index (Phi) is 5.34. The third kappa shape index (κ3) is 3.58. The predicted molar refractivity (Wildman–Crippen MR) is 118 cm³/mol. The van der Waals surface area contributed by atoms with Gasteiger partial charge in [0.05, 0.1) is 21.9 Å². The van der Waals surface area contributed by atoms with Gasteiger partial charge in [-0.2, -0.15) is 13.2 Å². The van der Waals surface area contributed by atoms with Crippen LogP contribution < -0.4 is 0 Å². The molecule has 2 aromatic rings. The number of carbonyl (C=O) groups is 1. The van der Waals surface area contributed by atoms with Crippen molar-refractivity contribution < 1.29 is 23.1 Å². The Hall–Kier alpha value is -2.03. The minimum absolute atomic E-state index is 0.104. The average Bonchev–Trinajstić information content (AvgIpc) is 3.13. The van der Waals surface area contributed by atoms with Crippen LogP contribution in [0, 0.1) is 0 Å². The summed E-state index contributed by atoms with van der Waals surface area (Å²) in [6.07, 6.45) is -0.972. The maximum atomic E-state index is 13.6. The highest BCUT2D eigenvalue weighted by molar-refractivity contribution is 6.31. The first-order valence-electron chi connectivity index (χ1n) is 11.4. The van der Waals surface area contributed by atoms with Crippen molar-refractivity contribution in [3.05, 3.63) is 57.9 Å². The molecule has 0 bridgehead atoms. The SMILES string of the molecule is CN1CCn2c(C(F)(F)F)cc(Cl)c2C12CCN(C(=O)c1ccc(C3(O)CCC3)cc1)CC2. The van der Waals surface area contributed by atoms with Crippen LogP contribution in [0.25, 0.3) is 0 Å². The van der Waals surface area contributed by atoms with Gasteiger partial charge in [0.25, 0.3) is 5.91 Å². The summed E-state index contributed by atoms with van der Waals surface area (Å²) in [5.41, 5.74) is -0.212. The molecule has 3 heterocycles. The first-order valence-corrected chi connectivity index (χ1v) is 11.7. The number of hydrogen-bond donors (Lipinski definition) is 1. The lowest BCUT2D eigenvalue weighted by atomic mass is 9.75. The van der Waals surface area contributed by atoms with Crippen LogP contribution in [0.2, 0.25) is 5.02 Å². The van der Waals surface area contributed by atoms with Crippen molar-refractivity contribution in [2.24, 2.45) is 0 Å². The zero-order chi connectivity index (χ0) is 23.6. The van der Waals surface area contributed by atoms with Crippen molar-refractivity contribution in [2.75, 3.05) is 26.7 Å². The van der Waals surface area contributed by atoms with Crippen LogP contribution in [0.4, 0.5) is 13.2 Å². The summed E-state index contributed by atoms with van der Waals surface area (Å²) in [4.78, 5) is 17.0. The van der Waals surface area contributed by atoms with Crippen LogP contribution in [0.3, 0.4) is 0 Å². The Bertz CT molecular complexity index is 1070. The Balaban J connectivity index is 1.36. The van der Waals surface area contributed by atoms with Crippen molar-refractivity contribution in [3.63, 3.8) is 0 Å². The molecular formula is C24H27ClF3N3O2. The Morgan fingerprint density at radius 2 is 1.67 bits per heavy atom. The molecule has 1 saturated carbocycles. The van der Waals surface area contributed by atoms with Gasteiger partial charge in [-0.3, -0.25) is 9.69 Å². The molecule has 9 heteroatoms. The zero-order valence-electron chi connectivity index (χ0n) is 18.5. The van der Waals surface area contributed by atoms with E-state index in [2.05, 4.69) is 4.90 Å². The highest BCUT2D eigenvalue weighted by Gasteiger charge is 2.49. The molecule has 1 spiro atoms. The van der Waals surface area contributed by atoms with Crippen LogP contribution in [-0.2, 0) is 23.9 Å². The first kappa shape index (κ1) is 22.7.